The minimum Gasteiger partial charge on any atom is -0.497 e. The quantitative estimate of drug-likeness (QED) is 0.819. The summed E-state index contributed by atoms with van der Waals surface area (Å²) in [5, 5.41) is 6.79. The highest BCUT2D eigenvalue weighted by molar-refractivity contribution is 5.40. The Bertz CT molecular complexity index is 609. The molecule has 1 heterocycles. The molecule has 1 fully saturated rings. The number of aromatic nitrogens is 2. The summed E-state index contributed by atoms with van der Waals surface area (Å²) >= 11 is 0. The molecule has 2 aromatic rings. The van der Waals surface area contributed by atoms with E-state index in [-0.39, 0.29) is 0 Å². The number of anilines is 2. The highest BCUT2D eigenvalue weighted by atomic mass is 16.5. The van der Waals surface area contributed by atoms with Gasteiger partial charge in [0.05, 0.1) is 7.11 Å². The highest BCUT2D eigenvalue weighted by Gasteiger charge is 2.15. The Balaban J connectivity index is 1.49. The van der Waals surface area contributed by atoms with Crippen LogP contribution < -0.4 is 15.4 Å². The minimum atomic E-state index is 0.532. The van der Waals surface area contributed by atoms with Gasteiger partial charge in [0.1, 0.15) is 11.6 Å². The standard InChI is InChI=1S/C18H24N4O/c1-23-16-8-6-14(7-9-16)10-12-19-17-11-13-20-18(22-17)21-15-4-2-3-5-15/h6-9,11,13,15H,2-5,10,12H2,1H3,(H2,19,20,21,22). The molecule has 23 heavy (non-hydrogen) atoms. The average Bonchev–Trinajstić information content (AvgIpc) is 3.09. The van der Waals surface area contributed by atoms with E-state index in [1.54, 1.807) is 13.3 Å². The molecule has 5 heteroatoms. The Morgan fingerprint density at radius 3 is 2.65 bits per heavy atom. The van der Waals surface area contributed by atoms with E-state index in [0.29, 0.717) is 6.04 Å². The molecular weight excluding hydrogens is 288 g/mol. The van der Waals surface area contributed by atoms with Crippen molar-refractivity contribution in [1.82, 2.24) is 9.97 Å². The minimum absolute atomic E-state index is 0.532. The molecule has 1 saturated carbocycles. The second-order valence-corrected chi connectivity index (χ2v) is 5.92. The molecule has 0 bridgehead atoms. The van der Waals surface area contributed by atoms with Gasteiger partial charge >= 0.3 is 0 Å². The summed E-state index contributed by atoms with van der Waals surface area (Å²) < 4.78 is 5.17. The second-order valence-electron chi connectivity index (χ2n) is 5.92. The monoisotopic (exact) mass is 312 g/mol. The third-order valence-corrected chi connectivity index (χ3v) is 4.22. The van der Waals surface area contributed by atoms with Crippen LogP contribution in [0.2, 0.25) is 0 Å². The van der Waals surface area contributed by atoms with Crippen molar-refractivity contribution in [2.75, 3.05) is 24.3 Å². The van der Waals surface area contributed by atoms with E-state index in [1.807, 2.05) is 18.2 Å². The number of hydrogen-bond donors (Lipinski definition) is 2. The number of ether oxygens (including phenoxy) is 1. The molecule has 0 radical (unpaired) electrons. The second kappa shape index (κ2) is 7.81. The summed E-state index contributed by atoms with van der Waals surface area (Å²) in [6.07, 6.45) is 7.80. The Morgan fingerprint density at radius 1 is 1.13 bits per heavy atom. The molecule has 3 rings (SSSR count). The van der Waals surface area contributed by atoms with Crippen LogP contribution in [0.3, 0.4) is 0 Å². The fourth-order valence-corrected chi connectivity index (χ4v) is 2.91. The molecule has 2 N–H and O–H groups in total. The molecule has 122 valence electrons. The van der Waals surface area contributed by atoms with Crippen LogP contribution in [-0.2, 0) is 6.42 Å². The van der Waals surface area contributed by atoms with E-state index in [1.165, 1.54) is 31.2 Å². The van der Waals surface area contributed by atoms with Gasteiger partial charge in [0.2, 0.25) is 5.95 Å². The van der Waals surface area contributed by atoms with Crippen molar-refractivity contribution < 1.29 is 4.74 Å². The van der Waals surface area contributed by atoms with Gasteiger partial charge in [0.25, 0.3) is 0 Å². The topological polar surface area (TPSA) is 59.1 Å². The van der Waals surface area contributed by atoms with E-state index in [0.717, 1.165) is 30.5 Å². The van der Waals surface area contributed by atoms with Gasteiger partial charge in [0.15, 0.2) is 0 Å². The summed E-state index contributed by atoms with van der Waals surface area (Å²) in [6.45, 7) is 0.839. The SMILES string of the molecule is COc1ccc(CCNc2ccnc(NC3CCCC3)n2)cc1. The zero-order chi connectivity index (χ0) is 15.9. The van der Waals surface area contributed by atoms with Crippen LogP contribution in [0.4, 0.5) is 11.8 Å². The third kappa shape index (κ3) is 4.58. The molecule has 0 spiro atoms. The lowest BCUT2D eigenvalue weighted by molar-refractivity contribution is 0.414. The van der Waals surface area contributed by atoms with Crippen LogP contribution in [0.1, 0.15) is 31.2 Å². The van der Waals surface area contributed by atoms with Crippen molar-refractivity contribution in [1.29, 1.82) is 0 Å². The van der Waals surface area contributed by atoms with Crippen LogP contribution >= 0.6 is 0 Å². The lowest BCUT2D eigenvalue weighted by Gasteiger charge is -2.12. The maximum Gasteiger partial charge on any atom is 0.224 e. The smallest absolute Gasteiger partial charge is 0.224 e. The number of nitrogens with one attached hydrogen (secondary N) is 2. The van der Waals surface area contributed by atoms with Gasteiger partial charge in [-0.25, -0.2) is 4.98 Å². The molecule has 1 aliphatic rings. The lowest BCUT2D eigenvalue weighted by Crippen LogP contribution is -2.17. The van der Waals surface area contributed by atoms with E-state index >= 15 is 0 Å². The molecule has 0 amide bonds. The van der Waals surface area contributed by atoms with E-state index in [4.69, 9.17) is 4.74 Å². The normalized spacial score (nSPS) is 14.7. The largest absolute Gasteiger partial charge is 0.497 e. The first-order chi connectivity index (χ1) is 11.3. The number of rotatable bonds is 7. The van der Waals surface area contributed by atoms with Gasteiger partial charge in [-0.1, -0.05) is 25.0 Å². The van der Waals surface area contributed by atoms with Crippen LogP contribution in [-0.4, -0.2) is 29.7 Å². The van der Waals surface area contributed by atoms with Gasteiger partial charge < -0.3 is 15.4 Å². The molecular formula is C18H24N4O. The fraction of sp³-hybridized carbons (Fsp3) is 0.444. The molecule has 1 aliphatic carbocycles. The van der Waals surface area contributed by atoms with Gasteiger partial charge in [-0.3, -0.25) is 0 Å². The Labute approximate surface area is 137 Å². The Kier molecular flexibility index (Phi) is 5.29. The van der Waals surface area contributed by atoms with Gasteiger partial charge in [-0.2, -0.15) is 4.98 Å². The summed E-state index contributed by atoms with van der Waals surface area (Å²) in [5.74, 6) is 2.49. The van der Waals surface area contributed by atoms with Crippen LogP contribution in [0.25, 0.3) is 0 Å². The van der Waals surface area contributed by atoms with Crippen LogP contribution in [0.5, 0.6) is 5.75 Å². The zero-order valence-corrected chi connectivity index (χ0v) is 13.6. The van der Waals surface area contributed by atoms with Crippen molar-refractivity contribution >= 4 is 11.8 Å². The highest BCUT2D eigenvalue weighted by Crippen LogP contribution is 2.21. The van der Waals surface area contributed by atoms with E-state index in [2.05, 4.69) is 32.7 Å². The van der Waals surface area contributed by atoms with Gasteiger partial charge in [-0.15, -0.1) is 0 Å². The van der Waals surface area contributed by atoms with Crippen molar-refractivity contribution in [3.8, 4) is 5.75 Å². The van der Waals surface area contributed by atoms with Gasteiger partial charge in [0, 0.05) is 18.8 Å². The molecule has 1 aromatic heterocycles. The molecule has 5 nitrogen and oxygen atoms in total. The Morgan fingerprint density at radius 2 is 1.91 bits per heavy atom. The van der Waals surface area contributed by atoms with Gasteiger partial charge in [-0.05, 0) is 43.0 Å². The summed E-state index contributed by atoms with van der Waals surface area (Å²) in [4.78, 5) is 8.85. The Hall–Kier alpha value is -2.30. The zero-order valence-electron chi connectivity index (χ0n) is 13.6. The first kappa shape index (κ1) is 15.6. The maximum absolute atomic E-state index is 5.17. The first-order valence-corrected chi connectivity index (χ1v) is 8.30. The number of hydrogen-bond acceptors (Lipinski definition) is 5. The molecule has 1 aromatic carbocycles. The molecule has 0 saturated heterocycles. The summed E-state index contributed by atoms with van der Waals surface area (Å²) in [7, 11) is 1.68. The summed E-state index contributed by atoms with van der Waals surface area (Å²) in [6, 6.07) is 10.6. The first-order valence-electron chi connectivity index (χ1n) is 8.30. The number of methoxy groups -OCH3 is 1. The molecule has 0 aliphatic heterocycles. The van der Waals surface area contributed by atoms with Crippen molar-refractivity contribution in [3.05, 3.63) is 42.1 Å². The van der Waals surface area contributed by atoms with Crippen LogP contribution in [0.15, 0.2) is 36.5 Å². The lowest BCUT2D eigenvalue weighted by atomic mass is 10.1. The number of benzene rings is 1. The maximum atomic E-state index is 5.17. The van der Waals surface area contributed by atoms with E-state index < -0.39 is 0 Å². The number of nitrogens with zero attached hydrogens (tertiary/aromatic N) is 2. The third-order valence-electron chi connectivity index (χ3n) is 4.22. The molecule has 0 atom stereocenters. The van der Waals surface area contributed by atoms with E-state index in [9.17, 15) is 0 Å². The van der Waals surface area contributed by atoms with Crippen molar-refractivity contribution in [3.63, 3.8) is 0 Å². The summed E-state index contributed by atoms with van der Waals surface area (Å²) in [5.41, 5.74) is 1.27. The van der Waals surface area contributed by atoms with Crippen molar-refractivity contribution in [2.24, 2.45) is 0 Å². The predicted octanol–water partition coefficient (Wildman–Crippen LogP) is 3.49. The van der Waals surface area contributed by atoms with Crippen molar-refractivity contribution in [2.45, 2.75) is 38.1 Å². The average molecular weight is 312 g/mol. The molecule has 0 unspecified atom stereocenters. The predicted molar refractivity (Wildman–Crippen MR) is 93.1 cm³/mol. The fourth-order valence-electron chi connectivity index (χ4n) is 2.91. The van der Waals surface area contributed by atoms with Crippen LogP contribution in [0, 0.1) is 0 Å².